The van der Waals surface area contributed by atoms with Crippen LogP contribution in [-0.2, 0) is 14.6 Å². The lowest BCUT2D eigenvalue weighted by Gasteiger charge is -2.24. The maximum Gasteiger partial charge on any atom is 0.156 e. The van der Waals surface area contributed by atoms with Crippen LogP contribution in [0.25, 0.3) is 44.3 Å². The summed E-state index contributed by atoms with van der Waals surface area (Å²) in [7, 11) is -3.41. The predicted molar refractivity (Wildman–Crippen MR) is 158 cm³/mol. The number of hydrogen-bond donors (Lipinski definition) is 0. The van der Waals surface area contributed by atoms with E-state index in [1.807, 2.05) is 54.8 Å². The maximum atomic E-state index is 14.7. The number of aromatic nitrogens is 1. The molecule has 0 unspecified atom stereocenters. The highest BCUT2D eigenvalue weighted by molar-refractivity contribution is 7.98. The summed E-state index contributed by atoms with van der Waals surface area (Å²) in [5.41, 5.74) is 5.76. The third-order valence-corrected chi connectivity index (χ3v) is 10.1. The van der Waals surface area contributed by atoms with Gasteiger partial charge >= 0.3 is 0 Å². The molecule has 0 N–H and O–H groups in total. The molecule has 198 valence electrons. The van der Waals surface area contributed by atoms with Crippen LogP contribution >= 0.6 is 11.8 Å². The Morgan fingerprint density at radius 2 is 1.49 bits per heavy atom. The second kappa shape index (κ2) is 10.2. The van der Waals surface area contributed by atoms with Crippen LogP contribution in [0.2, 0.25) is 0 Å². The molecule has 0 fully saturated rings. The highest BCUT2D eigenvalue weighted by Gasteiger charge is 2.33. The Labute approximate surface area is 231 Å². The van der Waals surface area contributed by atoms with Crippen LogP contribution in [0, 0.1) is 11.6 Å². The molecule has 0 aliphatic heterocycles. The number of thioether (sulfide) groups is 1. The number of fused-ring (bicyclic) bond motifs is 1. The van der Waals surface area contributed by atoms with Gasteiger partial charge in [-0.05, 0) is 102 Å². The van der Waals surface area contributed by atoms with E-state index < -0.39 is 20.4 Å². The smallest absolute Gasteiger partial charge is 0.156 e. The molecule has 0 saturated heterocycles. The molecule has 4 aromatic carbocycles. The molecular formula is C32H27F2NO2S2. The minimum absolute atomic E-state index is 0.355. The minimum Gasteiger partial charge on any atom is -0.256 e. The van der Waals surface area contributed by atoms with E-state index in [-0.39, 0.29) is 5.82 Å². The maximum absolute atomic E-state index is 14.7. The second-order valence-electron chi connectivity index (χ2n) is 10.0. The van der Waals surface area contributed by atoms with Crippen molar-refractivity contribution in [3.8, 4) is 33.4 Å². The normalized spacial score (nSPS) is 12.2. The van der Waals surface area contributed by atoms with Crippen molar-refractivity contribution in [2.75, 3.05) is 12.5 Å². The fourth-order valence-electron chi connectivity index (χ4n) is 4.67. The van der Waals surface area contributed by atoms with Gasteiger partial charge in [0.2, 0.25) is 0 Å². The van der Waals surface area contributed by atoms with Crippen LogP contribution in [0.1, 0.15) is 19.4 Å². The van der Waals surface area contributed by atoms with Crippen molar-refractivity contribution >= 4 is 32.5 Å². The summed E-state index contributed by atoms with van der Waals surface area (Å²) in [5, 5.41) is 0.832. The van der Waals surface area contributed by atoms with Gasteiger partial charge in [-0.2, -0.15) is 0 Å². The molecule has 0 bridgehead atoms. The molecule has 1 heterocycles. The molecule has 0 spiro atoms. The van der Waals surface area contributed by atoms with Crippen molar-refractivity contribution in [1.82, 2.24) is 4.98 Å². The van der Waals surface area contributed by atoms with Gasteiger partial charge < -0.3 is 0 Å². The molecule has 0 aliphatic carbocycles. The van der Waals surface area contributed by atoms with Crippen molar-refractivity contribution < 1.29 is 17.2 Å². The van der Waals surface area contributed by atoms with Gasteiger partial charge in [0.25, 0.3) is 0 Å². The Kier molecular flexibility index (Phi) is 7.08. The molecule has 0 saturated carbocycles. The Bertz CT molecular complexity index is 1830. The number of benzene rings is 4. The van der Waals surface area contributed by atoms with Crippen molar-refractivity contribution in [3.05, 3.63) is 108 Å². The largest absolute Gasteiger partial charge is 0.256 e. The molecule has 0 atom stereocenters. The number of hydrogen-bond acceptors (Lipinski definition) is 4. The molecule has 5 aromatic rings. The van der Waals surface area contributed by atoms with Gasteiger partial charge in [-0.1, -0.05) is 36.4 Å². The van der Waals surface area contributed by atoms with Crippen molar-refractivity contribution in [3.63, 3.8) is 0 Å². The molecule has 0 aliphatic rings. The van der Waals surface area contributed by atoms with E-state index in [2.05, 4.69) is 4.98 Å². The zero-order valence-electron chi connectivity index (χ0n) is 22.0. The first kappa shape index (κ1) is 27.0. The molecule has 0 amide bonds. The van der Waals surface area contributed by atoms with E-state index in [0.717, 1.165) is 33.2 Å². The first-order chi connectivity index (χ1) is 18.5. The third-order valence-electron chi connectivity index (χ3n) is 7.26. The van der Waals surface area contributed by atoms with Crippen LogP contribution in [-0.4, -0.2) is 25.9 Å². The molecule has 5 rings (SSSR count). The lowest BCUT2D eigenvalue weighted by atomic mass is 9.90. The number of rotatable bonds is 6. The van der Waals surface area contributed by atoms with E-state index >= 15 is 0 Å². The van der Waals surface area contributed by atoms with Gasteiger partial charge in [0, 0.05) is 28.3 Å². The zero-order chi connectivity index (χ0) is 27.9. The van der Waals surface area contributed by atoms with Crippen LogP contribution in [0.15, 0.2) is 96.0 Å². The highest BCUT2D eigenvalue weighted by Crippen LogP contribution is 2.39. The summed E-state index contributed by atoms with van der Waals surface area (Å²) in [5.74, 6) is -0.767. The summed E-state index contributed by atoms with van der Waals surface area (Å²) in [6, 6.07) is 24.7. The molecule has 39 heavy (non-hydrogen) atoms. The van der Waals surface area contributed by atoms with Crippen LogP contribution in [0.5, 0.6) is 0 Å². The predicted octanol–water partition coefficient (Wildman–Crippen LogP) is 8.52. The fraction of sp³-hybridized carbons (Fsp3) is 0.156. The van der Waals surface area contributed by atoms with Gasteiger partial charge in [-0.25, -0.2) is 17.2 Å². The summed E-state index contributed by atoms with van der Waals surface area (Å²) in [6.45, 7) is 3.40. The van der Waals surface area contributed by atoms with Crippen LogP contribution in [0.3, 0.4) is 0 Å². The van der Waals surface area contributed by atoms with Crippen molar-refractivity contribution in [2.45, 2.75) is 23.5 Å². The third kappa shape index (κ3) is 5.09. The van der Waals surface area contributed by atoms with Gasteiger partial charge in [0.05, 0.1) is 10.3 Å². The fourth-order valence-corrected chi connectivity index (χ4v) is 5.67. The van der Waals surface area contributed by atoms with E-state index in [4.69, 9.17) is 0 Å². The van der Waals surface area contributed by atoms with E-state index in [1.54, 1.807) is 38.2 Å². The Balaban J connectivity index is 1.71. The van der Waals surface area contributed by atoms with E-state index in [0.29, 0.717) is 21.6 Å². The number of halogens is 2. The van der Waals surface area contributed by atoms with Crippen LogP contribution < -0.4 is 0 Å². The molecule has 1 aromatic heterocycles. The summed E-state index contributed by atoms with van der Waals surface area (Å²) in [4.78, 5) is 5.13. The highest BCUT2D eigenvalue weighted by atomic mass is 32.2. The molecule has 3 nitrogen and oxygen atoms in total. The minimum atomic E-state index is -3.41. The SMILES string of the molecule is CSc1ccc(-c2cc(F)ccc2-c2cccc(-c3cc(C(C)(C)S(C)(=O)=O)cc4cccnc34)c2)cc1F. The van der Waals surface area contributed by atoms with E-state index in [9.17, 15) is 17.2 Å². The molecule has 0 radical (unpaired) electrons. The summed E-state index contributed by atoms with van der Waals surface area (Å²) >= 11 is 1.32. The Morgan fingerprint density at radius 1 is 0.769 bits per heavy atom. The van der Waals surface area contributed by atoms with Gasteiger partial charge in [0.1, 0.15) is 11.6 Å². The standard InChI is InChI=1S/C32H27F2NO2S2/c1-32(2,39(4,36)37)24-16-23-9-6-14-35-31(23)28(18-24)21-8-5-7-20(15-21)26-12-11-25(33)19-27(26)22-10-13-30(38-3)29(34)17-22/h5-19H,1-4H3. The average Bonchev–Trinajstić information content (AvgIpc) is 2.91. The van der Waals surface area contributed by atoms with Gasteiger partial charge in [0.15, 0.2) is 9.84 Å². The first-order valence-electron chi connectivity index (χ1n) is 12.3. The van der Waals surface area contributed by atoms with Crippen molar-refractivity contribution in [2.24, 2.45) is 0 Å². The van der Waals surface area contributed by atoms with Gasteiger partial charge in [-0.15, -0.1) is 11.8 Å². The second-order valence-corrected chi connectivity index (χ2v) is 13.4. The quantitative estimate of drug-likeness (QED) is 0.196. The number of sulfone groups is 1. The number of nitrogens with zero attached hydrogens (tertiary/aromatic N) is 1. The molecular weight excluding hydrogens is 532 g/mol. The zero-order valence-corrected chi connectivity index (χ0v) is 23.6. The Morgan fingerprint density at radius 3 is 2.18 bits per heavy atom. The molecule has 7 heteroatoms. The van der Waals surface area contributed by atoms with Gasteiger partial charge in [-0.3, -0.25) is 4.98 Å². The topological polar surface area (TPSA) is 47.0 Å². The first-order valence-corrected chi connectivity index (χ1v) is 15.4. The van der Waals surface area contributed by atoms with Crippen LogP contribution in [0.4, 0.5) is 8.78 Å². The lowest BCUT2D eigenvalue weighted by molar-refractivity contribution is 0.561. The monoisotopic (exact) mass is 559 g/mol. The number of pyridine rings is 1. The summed E-state index contributed by atoms with van der Waals surface area (Å²) < 4.78 is 53.3. The summed E-state index contributed by atoms with van der Waals surface area (Å²) in [6.07, 6.45) is 4.76. The van der Waals surface area contributed by atoms with Crippen molar-refractivity contribution in [1.29, 1.82) is 0 Å². The van der Waals surface area contributed by atoms with E-state index in [1.165, 1.54) is 36.2 Å². The lowest BCUT2D eigenvalue weighted by Crippen LogP contribution is -2.28. The average molecular weight is 560 g/mol. The Hall–Kier alpha value is -3.55.